The van der Waals surface area contributed by atoms with Gasteiger partial charge < -0.3 is 13.6 Å². The summed E-state index contributed by atoms with van der Waals surface area (Å²) < 4.78 is 18.2. The molecular weight excluding hydrogens is 366 g/mol. The van der Waals surface area contributed by atoms with Crippen LogP contribution in [0.15, 0.2) is 61.2 Å². The summed E-state index contributed by atoms with van der Waals surface area (Å²) in [6.45, 7) is 13.1. The van der Waals surface area contributed by atoms with Crippen LogP contribution in [0.3, 0.4) is 0 Å². The van der Waals surface area contributed by atoms with E-state index in [1.54, 1.807) is 0 Å². The molecule has 1 aliphatic rings. The SMILES string of the molecule is C=C(c1ccccc1)c1ccc([Si](CN2CCOCC2)(OCC)OCC)cc1. The molecule has 28 heavy (non-hydrogen) atoms. The number of ether oxygens (including phenoxy) is 1. The summed E-state index contributed by atoms with van der Waals surface area (Å²) in [7, 11) is -2.56. The van der Waals surface area contributed by atoms with Crippen molar-refractivity contribution in [1.82, 2.24) is 4.90 Å². The highest BCUT2D eigenvalue weighted by molar-refractivity contribution is 6.81. The molecule has 0 spiro atoms. The van der Waals surface area contributed by atoms with E-state index in [-0.39, 0.29) is 0 Å². The van der Waals surface area contributed by atoms with Crippen molar-refractivity contribution in [3.05, 3.63) is 72.3 Å². The molecule has 0 N–H and O–H groups in total. The zero-order valence-electron chi connectivity index (χ0n) is 17.0. The van der Waals surface area contributed by atoms with Gasteiger partial charge in [-0.3, -0.25) is 4.90 Å². The summed E-state index contributed by atoms with van der Waals surface area (Å²) in [5.74, 6) is 0. The zero-order valence-corrected chi connectivity index (χ0v) is 18.0. The molecule has 0 saturated carbocycles. The average molecular weight is 398 g/mol. The molecule has 0 aliphatic carbocycles. The minimum atomic E-state index is -2.56. The third kappa shape index (κ3) is 4.99. The Kier molecular flexibility index (Phi) is 7.59. The molecule has 0 atom stereocenters. The first kappa shape index (κ1) is 21.0. The lowest BCUT2D eigenvalue weighted by Gasteiger charge is -2.36. The second-order valence-electron chi connectivity index (χ2n) is 6.93. The molecule has 3 rings (SSSR count). The highest BCUT2D eigenvalue weighted by Crippen LogP contribution is 2.21. The van der Waals surface area contributed by atoms with E-state index >= 15 is 0 Å². The summed E-state index contributed by atoms with van der Waals surface area (Å²) in [6, 6.07) is 18.9. The predicted octanol–water partition coefficient (Wildman–Crippen LogP) is 3.34. The maximum Gasteiger partial charge on any atom is 0.387 e. The lowest BCUT2D eigenvalue weighted by atomic mass is 10.00. The van der Waals surface area contributed by atoms with Crippen LogP contribution in [0, 0.1) is 0 Å². The fraction of sp³-hybridized carbons (Fsp3) is 0.391. The van der Waals surface area contributed by atoms with E-state index in [1.165, 1.54) is 5.19 Å². The first-order chi connectivity index (χ1) is 13.7. The number of benzene rings is 2. The largest absolute Gasteiger partial charge is 0.391 e. The number of nitrogens with zero attached hydrogens (tertiary/aromatic N) is 1. The summed E-state index contributed by atoms with van der Waals surface area (Å²) in [5, 5.41) is 1.17. The fourth-order valence-electron chi connectivity index (χ4n) is 3.64. The molecule has 0 bridgehead atoms. The summed E-state index contributed by atoms with van der Waals surface area (Å²) >= 11 is 0. The van der Waals surface area contributed by atoms with E-state index in [0.29, 0.717) is 13.2 Å². The molecule has 1 aliphatic heterocycles. The van der Waals surface area contributed by atoms with Crippen LogP contribution in [0.4, 0.5) is 0 Å². The van der Waals surface area contributed by atoms with Crippen molar-refractivity contribution in [2.45, 2.75) is 13.8 Å². The Hall–Kier alpha value is -1.76. The average Bonchev–Trinajstić information content (AvgIpc) is 2.75. The van der Waals surface area contributed by atoms with E-state index in [1.807, 2.05) is 32.0 Å². The van der Waals surface area contributed by atoms with Gasteiger partial charge in [-0.25, -0.2) is 0 Å². The zero-order chi connectivity index (χ0) is 19.8. The molecule has 1 heterocycles. The van der Waals surface area contributed by atoms with Crippen molar-refractivity contribution >= 4 is 19.3 Å². The standard InChI is InChI=1S/C23H31NO3Si/c1-4-26-28(27-5-2,19-24-15-17-25-18-16-24)23-13-11-22(12-14-23)20(3)21-9-7-6-8-10-21/h6-14H,3-5,15-19H2,1-2H3. The van der Waals surface area contributed by atoms with Gasteiger partial charge in [0.2, 0.25) is 0 Å². The van der Waals surface area contributed by atoms with Gasteiger partial charge in [-0.15, -0.1) is 0 Å². The Labute approximate surface area is 170 Å². The second-order valence-corrected chi connectivity index (χ2v) is 9.91. The third-order valence-corrected chi connectivity index (χ3v) is 8.67. The first-order valence-electron chi connectivity index (χ1n) is 10.1. The summed E-state index contributed by atoms with van der Waals surface area (Å²) in [6.07, 6.45) is 0.830. The van der Waals surface area contributed by atoms with E-state index in [2.05, 4.69) is 47.9 Å². The normalized spacial score (nSPS) is 15.5. The van der Waals surface area contributed by atoms with E-state index in [9.17, 15) is 0 Å². The van der Waals surface area contributed by atoms with Gasteiger partial charge >= 0.3 is 8.56 Å². The summed E-state index contributed by atoms with van der Waals surface area (Å²) in [5.41, 5.74) is 3.29. The topological polar surface area (TPSA) is 30.9 Å². The van der Waals surface area contributed by atoms with Crippen molar-refractivity contribution in [3.8, 4) is 0 Å². The Balaban J connectivity index is 1.85. The molecular formula is C23H31NO3Si. The van der Waals surface area contributed by atoms with Crippen LogP contribution in [0.25, 0.3) is 5.57 Å². The molecule has 2 aromatic carbocycles. The molecule has 1 fully saturated rings. The van der Waals surface area contributed by atoms with Crippen LogP contribution in [-0.2, 0) is 13.6 Å². The van der Waals surface area contributed by atoms with Crippen LogP contribution in [0.5, 0.6) is 0 Å². The highest BCUT2D eigenvalue weighted by Gasteiger charge is 2.42. The molecule has 0 radical (unpaired) electrons. The molecule has 0 unspecified atom stereocenters. The van der Waals surface area contributed by atoms with Gasteiger partial charge in [0.15, 0.2) is 0 Å². The molecule has 150 valence electrons. The van der Waals surface area contributed by atoms with Gasteiger partial charge in [0, 0.05) is 32.5 Å². The Morgan fingerprint density at radius 3 is 2.07 bits per heavy atom. The van der Waals surface area contributed by atoms with Crippen LogP contribution in [0.2, 0.25) is 0 Å². The molecule has 1 saturated heterocycles. The van der Waals surface area contributed by atoms with Crippen molar-refractivity contribution < 1.29 is 13.6 Å². The number of hydrogen-bond acceptors (Lipinski definition) is 4. The molecule has 0 aromatic heterocycles. The van der Waals surface area contributed by atoms with E-state index < -0.39 is 8.56 Å². The van der Waals surface area contributed by atoms with E-state index in [4.69, 9.17) is 13.6 Å². The molecule has 0 amide bonds. The van der Waals surface area contributed by atoms with Gasteiger partial charge in [-0.2, -0.15) is 0 Å². The minimum Gasteiger partial charge on any atom is -0.391 e. The van der Waals surface area contributed by atoms with Crippen molar-refractivity contribution in [3.63, 3.8) is 0 Å². The highest BCUT2D eigenvalue weighted by atomic mass is 28.4. The maximum absolute atomic E-state index is 6.36. The van der Waals surface area contributed by atoms with Gasteiger partial charge in [0.25, 0.3) is 0 Å². The molecule has 2 aromatic rings. The van der Waals surface area contributed by atoms with Gasteiger partial charge in [0.05, 0.1) is 13.2 Å². The van der Waals surface area contributed by atoms with Gasteiger partial charge in [-0.1, -0.05) is 61.2 Å². The quantitative estimate of drug-likeness (QED) is 0.607. The van der Waals surface area contributed by atoms with Crippen molar-refractivity contribution in [2.75, 3.05) is 45.7 Å². The minimum absolute atomic E-state index is 0.648. The van der Waals surface area contributed by atoms with Gasteiger partial charge in [0.1, 0.15) is 0 Å². The smallest absolute Gasteiger partial charge is 0.387 e. The Bertz CT molecular complexity index is 736. The third-order valence-electron chi connectivity index (χ3n) is 5.09. The molecule has 4 nitrogen and oxygen atoms in total. The second kappa shape index (κ2) is 10.1. The summed E-state index contributed by atoms with van der Waals surface area (Å²) in [4.78, 5) is 2.41. The van der Waals surface area contributed by atoms with E-state index in [0.717, 1.165) is 49.2 Å². The monoisotopic (exact) mass is 397 g/mol. The maximum atomic E-state index is 6.36. The predicted molar refractivity (Wildman–Crippen MR) is 117 cm³/mol. The lowest BCUT2D eigenvalue weighted by Crippen LogP contribution is -2.62. The fourth-order valence-corrected chi connectivity index (χ4v) is 6.94. The van der Waals surface area contributed by atoms with Gasteiger partial charge in [-0.05, 0) is 35.7 Å². The van der Waals surface area contributed by atoms with Crippen LogP contribution in [0.1, 0.15) is 25.0 Å². The number of rotatable bonds is 9. The van der Waals surface area contributed by atoms with Crippen LogP contribution in [-0.4, -0.2) is 59.1 Å². The van der Waals surface area contributed by atoms with Crippen molar-refractivity contribution in [1.29, 1.82) is 0 Å². The Morgan fingerprint density at radius 2 is 1.50 bits per heavy atom. The first-order valence-corrected chi connectivity index (χ1v) is 12.1. The van der Waals surface area contributed by atoms with Crippen LogP contribution < -0.4 is 5.19 Å². The lowest BCUT2D eigenvalue weighted by molar-refractivity contribution is 0.0389. The molecule has 5 heteroatoms. The Morgan fingerprint density at radius 1 is 0.929 bits per heavy atom. The van der Waals surface area contributed by atoms with Crippen LogP contribution >= 0.6 is 0 Å². The number of morpholine rings is 1. The number of hydrogen-bond donors (Lipinski definition) is 0. The van der Waals surface area contributed by atoms with Crippen molar-refractivity contribution in [2.24, 2.45) is 0 Å².